The first kappa shape index (κ1) is 14.9. The number of benzene rings is 1. The summed E-state index contributed by atoms with van der Waals surface area (Å²) in [5.41, 5.74) is 0.188. The molecule has 110 valence electrons. The molecule has 0 aliphatic heterocycles. The summed E-state index contributed by atoms with van der Waals surface area (Å²) in [4.78, 5) is 24.0. The number of carboxylic acid groups (broad SMARTS) is 1. The molecule has 21 heavy (non-hydrogen) atoms. The van der Waals surface area contributed by atoms with Gasteiger partial charge in [0, 0.05) is 10.9 Å². The second-order valence-electron chi connectivity index (χ2n) is 4.10. The predicted octanol–water partition coefficient (Wildman–Crippen LogP) is 2.78. The van der Waals surface area contributed by atoms with Crippen LogP contribution >= 0.6 is 11.3 Å². The summed E-state index contributed by atoms with van der Waals surface area (Å²) in [6.45, 7) is 0.385. The van der Waals surface area contributed by atoms with E-state index in [1.165, 1.54) is 36.6 Å². The molecule has 2 amide bonds. The van der Waals surface area contributed by atoms with Gasteiger partial charge in [0.1, 0.15) is 5.75 Å². The van der Waals surface area contributed by atoms with Crippen molar-refractivity contribution < 1.29 is 19.4 Å². The normalized spacial score (nSPS) is 9.95. The van der Waals surface area contributed by atoms with Crippen LogP contribution in [0.4, 0.5) is 10.5 Å². The number of thiophene rings is 1. The molecule has 1 aromatic carbocycles. The Morgan fingerprint density at radius 1 is 1.33 bits per heavy atom. The van der Waals surface area contributed by atoms with Crippen LogP contribution in [-0.4, -0.2) is 24.2 Å². The first-order chi connectivity index (χ1) is 10.1. The number of carbonyl (C=O) groups is 2. The minimum atomic E-state index is -1.12. The number of carbonyl (C=O) groups excluding carboxylic acids is 1. The van der Waals surface area contributed by atoms with Crippen LogP contribution in [0.15, 0.2) is 35.7 Å². The van der Waals surface area contributed by atoms with Gasteiger partial charge >= 0.3 is 12.0 Å². The molecule has 0 aliphatic rings. The van der Waals surface area contributed by atoms with Crippen LogP contribution in [0.5, 0.6) is 5.75 Å². The minimum Gasteiger partial charge on any atom is -0.497 e. The third-order valence-electron chi connectivity index (χ3n) is 2.71. The Hall–Kier alpha value is -2.54. The van der Waals surface area contributed by atoms with Crippen molar-refractivity contribution in [2.75, 3.05) is 12.4 Å². The number of hydrogen-bond donors (Lipinski definition) is 3. The van der Waals surface area contributed by atoms with Crippen LogP contribution in [0.2, 0.25) is 0 Å². The highest BCUT2D eigenvalue weighted by molar-refractivity contribution is 7.09. The molecule has 0 radical (unpaired) electrons. The van der Waals surface area contributed by atoms with E-state index in [4.69, 9.17) is 9.84 Å². The largest absolute Gasteiger partial charge is 0.497 e. The van der Waals surface area contributed by atoms with Gasteiger partial charge in [-0.1, -0.05) is 6.07 Å². The van der Waals surface area contributed by atoms with E-state index >= 15 is 0 Å². The number of anilines is 1. The van der Waals surface area contributed by atoms with E-state index in [-0.39, 0.29) is 11.3 Å². The lowest BCUT2D eigenvalue weighted by Gasteiger charge is -2.11. The monoisotopic (exact) mass is 306 g/mol. The predicted molar refractivity (Wildman–Crippen MR) is 80.1 cm³/mol. The van der Waals surface area contributed by atoms with Crippen molar-refractivity contribution in [1.82, 2.24) is 5.32 Å². The van der Waals surface area contributed by atoms with Crippen molar-refractivity contribution in [2.24, 2.45) is 0 Å². The molecule has 1 heterocycles. The van der Waals surface area contributed by atoms with Crippen LogP contribution in [0.1, 0.15) is 15.2 Å². The first-order valence-corrected chi connectivity index (χ1v) is 6.96. The van der Waals surface area contributed by atoms with Gasteiger partial charge in [0.15, 0.2) is 0 Å². The highest BCUT2D eigenvalue weighted by Crippen LogP contribution is 2.22. The van der Waals surface area contributed by atoms with Gasteiger partial charge in [-0.3, -0.25) is 0 Å². The van der Waals surface area contributed by atoms with Gasteiger partial charge in [-0.15, -0.1) is 11.3 Å². The lowest BCUT2D eigenvalue weighted by molar-refractivity contribution is 0.0698. The number of carboxylic acids is 1. The Labute approximate surface area is 125 Å². The zero-order valence-corrected chi connectivity index (χ0v) is 12.1. The van der Waals surface area contributed by atoms with Crippen molar-refractivity contribution in [2.45, 2.75) is 6.54 Å². The zero-order chi connectivity index (χ0) is 15.2. The topological polar surface area (TPSA) is 87.7 Å². The fourth-order valence-electron chi connectivity index (χ4n) is 1.69. The van der Waals surface area contributed by atoms with Gasteiger partial charge in [-0.05, 0) is 23.6 Å². The summed E-state index contributed by atoms with van der Waals surface area (Å²) < 4.78 is 5.03. The molecule has 0 saturated carbocycles. The van der Waals surface area contributed by atoms with E-state index in [9.17, 15) is 9.59 Å². The number of nitrogens with one attached hydrogen (secondary N) is 2. The molecular weight excluding hydrogens is 292 g/mol. The van der Waals surface area contributed by atoms with Gasteiger partial charge in [-0.2, -0.15) is 0 Å². The number of amides is 2. The smallest absolute Gasteiger partial charge is 0.337 e. The molecule has 0 aliphatic carbocycles. The van der Waals surface area contributed by atoms with Crippen LogP contribution in [-0.2, 0) is 6.54 Å². The second kappa shape index (κ2) is 6.76. The van der Waals surface area contributed by atoms with Crippen molar-refractivity contribution in [3.8, 4) is 5.75 Å². The standard InChI is InChI=1S/C14H14N2O4S/c1-20-9-4-5-11(13(17)18)12(7-9)16-14(19)15-8-10-3-2-6-21-10/h2-7H,8H2,1H3,(H,17,18)(H2,15,16,19). The molecule has 7 heteroatoms. The molecule has 1 aromatic heterocycles. The quantitative estimate of drug-likeness (QED) is 0.792. The molecule has 0 spiro atoms. The third kappa shape index (κ3) is 3.96. The number of rotatable bonds is 5. The Balaban J connectivity index is 2.06. The number of ether oxygens (including phenoxy) is 1. The summed E-state index contributed by atoms with van der Waals surface area (Å²) in [6.07, 6.45) is 0. The molecular formula is C14H14N2O4S. The van der Waals surface area contributed by atoms with Crippen LogP contribution in [0, 0.1) is 0 Å². The molecule has 0 atom stereocenters. The SMILES string of the molecule is COc1ccc(C(=O)O)c(NC(=O)NCc2cccs2)c1. The van der Waals surface area contributed by atoms with Crippen LogP contribution in [0.25, 0.3) is 0 Å². The van der Waals surface area contributed by atoms with Gasteiger partial charge in [-0.25, -0.2) is 9.59 Å². The number of methoxy groups -OCH3 is 1. The van der Waals surface area contributed by atoms with Gasteiger partial charge in [0.2, 0.25) is 0 Å². The van der Waals surface area contributed by atoms with Gasteiger partial charge < -0.3 is 20.5 Å². The van der Waals surface area contributed by atoms with Crippen LogP contribution in [0.3, 0.4) is 0 Å². The summed E-state index contributed by atoms with van der Waals surface area (Å²) in [5.74, 6) is -0.653. The van der Waals surface area contributed by atoms with Crippen molar-refractivity contribution in [1.29, 1.82) is 0 Å². The molecule has 2 aromatic rings. The lowest BCUT2D eigenvalue weighted by Crippen LogP contribution is -2.28. The van der Waals surface area contributed by atoms with Crippen LogP contribution < -0.4 is 15.4 Å². The molecule has 0 bridgehead atoms. The minimum absolute atomic E-state index is 0.00192. The summed E-state index contributed by atoms with van der Waals surface area (Å²) in [6, 6.07) is 7.70. The average molecular weight is 306 g/mol. The van der Waals surface area contributed by atoms with Crippen molar-refractivity contribution >= 4 is 29.0 Å². The average Bonchev–Trinajstić information content (AvgIpc) is 2.98. The molecule has 3 N–H and O–H groups in total. The van der Waals surface area contributed by atoms with E-state index in [0.717, 1.165) is 4.88 Å². The maximum atomic E-state index is 11.8. The Bertz CT molecular complexity index is 640. The number of hydrogen-bond acceptors (Lipinski definition) is 4. The summed E-state index contributed by atoms with van der Waals surface area (Å²) in [7, 11) is 1.47. The molecule has 2 rings (SSSR count). The fourth-order valence-corrected chi connectivity index (χ4v) is 2.33. The Morgan fingerprint density at radius 2 is 2.14 bits per heavy atom. The number of aromatic carboxylic acids is 1. The summed E-state index contributed by atoms with van der Waals surface area (Å²) >= 11 is 1.53. The maximum Gasteiger partial charge on any atom is 0.337 e. The Kier molecular flexibility index (Phi) is 4.78. The molecule has 6 nitrogen and oxygen atoms in total. The van der Waals surface area contributed by atoms with E-state index < -0.39 is 12.0 Å². The summed E-state index contributed by atoms with van der Waals surface area (Å²) in [5, 5.41) is 16.2. The zero-order valence-electron chi connectivity index (χ0n) is 11.3. The molecule has 0 fully saturated rings. The highest BCUT2D eigenvalue weighted by Gasteiger charge is 2.13. The second-order valence-corrected chi connectivity index (χ2v) is 5.14. The molecule has 0 unspecified atom stereocenters. The van der Waals surface area contributed by atoms with E-state index in [1.807, 2.05) is 17.5 Å². The van der Waals surface area contributed by atoms with Gasteiger partial charge in [0.05, 0.1) is 24.9 Å². The van der Waals surface area contributed by atoms with Crippen molar-refractivity contribution in [3.05, 3.63) is 46.2 Å². The lowest BCUT2D eigenvalue weighted by atomic mass is 10.1. The van der Waals surface area contributed by atoms with E-state index in [2.05, 4.69) is 10.6 Å². The molecule has 0 saturated heterocycles. The highest BCUT2D eigenvalue weighted by atomic mass is 32.1. The first-order valence-electron chi connectivity index (χ1n) is 6.08. The van der Waals surface area contributed by atoms with Gasteiger partial charge in [0.25, 0.3) is 0 Å². The number of urea groups is 1. The third-order valence-corrected chi connectivity index (χ3v) is 3.59. The van der Waals surface area contributed by atoms with E-state index in [1.54, 1.807) is 0 Å². The fraction of sp³-hybridized carbons (Fsp3) is 0.143. The van der Waals surface area contributed by atoms with Crippen molar-refractivity contribution in [3.63, 3.8) is 0 Å². The van der Waals surface area contributed by atoms with E-state index in [0.29, 0.717) is 12.3 Å². The Morgan fingerprint density at radius 3 is 2.76 bits per heavy atom. The maximum absolute atomic E-state index is 11.8.